The minimum Gasteiger partial charge on any atom is -0.471 e. The lowest BCUT2D eigenvalue weighted by atomic mass is 10.1. The molecule has 0 spiro atoms. The van der Waals surface area contributed by atoms with Gasteiger partial charge in [0.1, 0.15) is 11.8 Å². The van der Waals surface area contributed by atoms with Gasteiger partial charge in [-0.2, -0.15) is 13.2 Å². The molecule has 1 fully saturated rings. The molecule has 3 rings (SSSR count). The van der Waals surface area contributed by atoms with Crippen LogP contribution in [0.25, 0.3) is 0 Å². The van der Waals surface area contributed by atoms with Gasteiger partial charge >= 0.3 is 6.18 Å². The first kappa shape index (κ1) is 15.7. The second kappa shape index (κ2) is 5.80. The number of rotatable bonds is 3. The minimum absolute atomic E-state index is 0.0959. The molecule has 1 saturated heterocycles. The first-order chi connectivity index (χ1) is 10.8. The van der Waals surface area contributed by atoms with Gasteiger partial charge in [-0.15, -0.1) is 11.3 Å². The van der Waals surface area contributed by atoms with Crippen LogP contribution in [0.5, 0.6) is 5.88 Å². The molecule has 122 valence electrons. The average Bonchev–Trinajstić information content (AvgIpc) is 2.88. The van der Waals surface area contributed by atoms with Crippen LogP contribution in [0, 0.1) is 6.92 Å². The second-order valence-electron chi connectivity index (χ2n) is 5.08. The zero-order valence-corrected chi connectivity index (χ0v) is 12.8. The molecule has 1 aliphatic rings. The van der Waals surface area contributed by atoms with E-state index in [2.05, 4.69) is 9.97 Å². The molecule has 0 bridgehead atoms. The van der Waals surface area contributed by atoms with Gasteiger partial charge in [-0.1, -0.05) is 0 Å². The number of nitrogens with zero attached hydrogens (tertiary/aromatic N) is 3. The molecule has 0 atom stereocenters. The van der Waals surface area contributed by atoms with E-state index in [-0.39, 0.29) is 17.9 Å². The third-order valence-electron chi connectivity index (χ3n) is 3.32. The highest BCUT2D eigenvalue weighted by Crippen LogP contribution is 2.31. The fraction of sp³-hybridized carbons (Fsp3) is 0.357. The Morgan fingerprint density at radius 3 is 2.78 bits per heavy atom. The molecular weight excluding hydrogens is 331 g/mol. The molecule has 0 unspecified atom stereocenters. The van der Waals surface area contributed by atoms with Crippen molar-refractivity contribution in [2.24, 2.45) is 0 Å². The summed E-state index contributed by atoms with van der Waals surface area (Å²) in [6.07, 6.45) is -3.75. The van der Waals surface area contributed by atoms with Crippen molar-refractivity contribution >= 4 is 17.2 Å². The molecular formula is C14H12F3N3O2S. The number of carbonyl (C=O) groups excluding carboxylic acids is 1. The lowest BCUT2D eigenvalue weighted by Gasteiger charge is -2.38. The van der Waals surface area contributed by atoms with Crippen molar-refractivity contribution in [3.63, 3.8) is 0 Å². The van der Waals surface area contributed by atoms with Gasteiger partial charge in [-0.05, 0) is 13.0 Å². The predicted octanol–water partition coefficient (Wildman–Crippen LogP) is 2.77. The van der Waals surface area contributed by atoms with E-state index in [0.29, 0.717) is 18.8 Å². The van der Waals surface area contributed by atoms with Crippen LogP contribution < -0.4 is 4.74 Å². The molecule has 0 N–H and O–H groups in total. The number of likely N-dealkylation sites (tertiary alicyclic amines) is 1. The SMILES string of the molecule is Cc1nc(C(=O)N2CC(Oc3cc(C(F)(F)F)ccn3)C2)cs1. The van der Waals surface area contributed by atoms with E-state index in [1.54, 1.807) is 5.38 Å². The number of aromatic nitrogens is 2. The van der Waals surface area contributed by atoms with Crippen molar-refractivity contribution in [3.8, 4) is 5.88 Å². The van der Waals surface area contributed by atoms with Gasteiger partial charge in [-0.3, -0.25) is 4.79 Å². The van der Waals surface area contributed by atoms with Crippen molar-refractivity contribution in [1.29, 1.82) is 0 Å². The predicted molar refractivity (Wildman–Crippen MR) is 76.4 cm³/mol. The molecule has 2 aromatic rings. The van der Waals surface area contributed by atoms with E-state index in [4.69, 9.17) is 4.74 Å². The Bertz CT molecular complexity index is 726. The van der Waals surface area contributed by atoms with Crippen molar-refractivity contribution in [2.45, 2.75) is 19.2 Å². The molecule has 0 saturated carbocycles. The summed E-state index contributed by atoms with van der Waals surface area (Å²) in [4.78, 5) is 21.5. The van der Waals surface area contributed by atoms with Crippen molar-refractivity contribution in [2.75, 3.05) is 13.1 Å². The normalized spacial score (nSPS) is 15.4. The Hall–Kier alpha value is -2.16. The summed E-state index contributed by atoms with van der Waals surface area (Å²) in [6, 6.07) is 1.74. The summed E-state index contributed by atoms with van der Waals surface area (Å²) in [5.41, 5.74) is -0.434. The highest BCUT2D eigenvalue weighted by Gasteiger charge is 2.35. The van der Waals surface area contributed by atoms with Crippen molar-refractivity contribution in [3.05, 3.63) is 40.0 Å². The van der Waals surface area contributed by atoms with Gasteiger partial charge in [0.05, 0.1) is 23.7 Å². The van der Waals surface area contributed by atoms with Crippen LogP contribution in [0.3, 0.4) is 0 Å². The lowest BCUT2D eigenvalue weighted by molar-refractivity contribution is -0.137. The van der Waals surface area contributed by atoms with Crippen molar-refractivity contribution in [1.82, 2.24) is 14.9 Å². The first-order valence-corrected chi connectivity index (χ1v) is 7.62. The number of alkyl halides is 3. The second-order valence-corrected chi connectivity index (χ2v) is 6.14. The summed E-state index contributed by atoms with van der Waals surface area (Å²) in [6.45, 7) is 2.41. The van der Waals surface area contributed by atoms with E-state index >= 15 is 0 Å². The number of ether oxygens (including phenoxy) is 1. The molecule has 2 aromatic heterocycles. The van der Waals surface area contributed by atoms with Crippen LogP contribution in [0.4, 0.5) is 13.2 Å². The van der Waals surface area contributed by atoms with E-state index in [1.807, 2.05) is 6.92 Å². The summed E-state index contributed by atoms with van der Waals surface area (Å²) in [5, 5.41) is 2.48. The number of hydrogen-bond acceptors (Lipinski definition) is 5. The summed E-state index contributed by atoms with van der Waals surface area (Å²) >= 11 is 1.39. The third-order valence-corrected chi connectivity index (χ3v) is 4.10. The third kappa shape index (κ3) is 3.44. The largest absolute Gasteiger partial charge is 0.471 e. The summed E-state index contributed by atoms with van der Waals surface area (Å²) < 4.78 is 43.2. The molecule has 9 heteroatoms. The zero-order chi connectivity index (χ0) is 16.6. The molecule has 23 heavy (non-hydrogen) atoms. The highest BCUT2D eigenvalue weighted by molar-refractivity contribution is 7.09. The number of carbonyl (C=O) groups is 1. The molecule has 0 aromatic carbocycles. The van der Waals surface area contributed by atoms with Crippen molar-refractivity contribution < 1.29 is 22.7 Å². The van der Waals surface area contributed by atoms with E-state index in [0.717, 1.165) is 23.3 Å². The fourth-order valence-corrected chi connectivity index (χ4v) is 2.71. The van der Waals surface area contributed by atoms with Gasteiger partial charge in [0.25, 0.3) is 5.91 Å². The summed E-state index contributed by atoms with van der Waals surface area (Å²) in [7, 11) is 0. The molecule has 5 nitrogen and oxygen atoms in total. The maximum absolute atomic E-state index is 12.6. The van der Waals surface area contributed by atoms with Gasteiger partial charge in [-0.25, -0.2) is 9.97 Å². The first-order valence-electron chi connectivity index (χ1n) is 6.74. The van der Waals surface area contributed by atoms with Gasteiger partial charge in [0.2, 0.25) is 5.88 Å². The number of pyridine rings is 1. The number of amides is 1. The monoisotopic (exact) mass is 343 g/mol. The van der Waals surface area contributed by atoms with Crippen LogP contribution in [0.2, 0.25) is 0 Å². The Labute approximate surface area is 133 Å². The number of halogens is 3. The van der Waals surface area contributed by atoms with Crippen LogP contribution in [0.15, 0.2) is 23.7 Å². The standard InChI is InChI=1S/C14H12F3N3O2S/c1-8-19-11(7-23-8)13(21)20-5-10(6-20)22-12-4-9(2-3-18-12)14(15,16)17/h2-4,7,10H,5-6H2,1H3. The zero-order valence-electron chi connectivity index (χ0n) is 12.0. The quantitative estimate of drug-likeness (QED) is 0.860. The van der Waals surface area contributed by atoms with E-state index in [9.17, 15) is 18.0 Å². The van der Waals surface area contributed by atoms with Crippen LogP contribution in [-0.2, 0) is 6.18 Å². The Morgan fingerprint density at radius 1 is 1.43 bits per heavy atom. The smallest absolute Gasteiger partial charge is 0.416 e. The van der Waals surface area contributed by atoms with Crippen LogP contribution in [0.1, 0.15) is 21.1 Å². The van der Waals surface area contributed by atoms with E-state index < -0.39 is 11.7 Å². The molecule has 1 amide bonds. The number of thiazole rings is 1. The minimum atomic E-state index is -4.44. The lowest BCUT2D eigenvalue weighted by Crippen LogP contribution is -2.56. The maximum atomic E-state index is 12.6. The molecule has 1 aliphatic heterocycles. The summed E-state index contributed by atoms with van der Waals surface area (Å²) in [5.74, 6) is -0.298. The van der Waals surface area contributed by atoms with Crippen LogP contribution >= 0.6 is 11.3 Å². The highest BCUT2D eigenvalue weighted by atomic mass is 32.1. The Morgan fingerprint density at radius 2 is 2.17 bits per heavy atom. The average molecular weight is 343 g/mol. The number of hydrogen-bond donors (Lipinski definition) is 0. The van der Waals surface area contributed by atoms with E-state index in [1.165, 1.54) is 16.2 Å². The molecule has 0 aliphatic carbocycles. The number of aryl methyl sites for hydroxylation is 1. The topological polar surface area (TPSA) is 55.3 Å². The van der Waals surface area contributed by atoms with Gasteiger partial charge < -0.3 is 9.64 Å². The maximum Gasteiger partial charge on any atom is 0.416 e. The Balaban J connectivity index is 1.57. The molecule has 0 radical (unpaired) electrons. The van der Waals surface area contributed by atoms with Gasteiger partial charge in [0, 0.05) is 17.6 Å². The van der Waals surface area contributed by atoms with Gasteiger partial charge in [0.15, 0.2) is 0 Å². The Kier molecular flexibility index (Phi) is 3.97. The van der Waals surface area contributed by atoms with Crippen LogP contribution in [-0.4, -0.2) is 40.0 Å². The molecule has 3 heterocycles. The fourth-order valence-electron chi connectivity index (χ4n) is 2.12.